The molecule has 0 spiro atoms. The van der Waals surface area contributed by atoms with Gasteiger partial charge in [-0.05, 0) is 25.3 Å². The summed E-state index contributed by atoms with van der Waals surface area (Å²) in [5.41, 5.74) is 0. The van der Waals surface area contributed by atoms with Crippen molar-refractivity contribution in [1.29, 1.82) is 0 Å². The smallest absolute Gasteiger partial charge is 0.0831 e. The number of aliphatic hydroxyl groups is 1. The largest absolute Gasteiger partial charge is 0.390 e. The Bertz CT molecular complexity index is 201. The van der Waals surface area contributed by atoms with Crippen LogP contribution in [-0.2, 0) is 0 Å². The summed E-state index contributed by atoms with van der Waals surface area (Å²) >= 11 is 0. The van der Waals surface area contributed by atoms with Gasteiger partial charge < -0.3 is 10.4 Å². The number of β-amino-alcohol motifs (C(OH)–C–C–N with tert-alkyl or cyclic N) is 1. The van der Waals surface area contributed by atoms with E-state index in [0.29, 0.717) is 18.0 Å². The van der Waals surface area contributed by atoms with Crippen molar-refractivity contribution in [3.05, 3.63) is 0 Å². The first-order valence-corrected chi connectivity index (χ1v) is 5.84. The van der Waals surface area contributed by atoms with Crippen molar-refractivity contribution in [2.75, 3.05) is 19.6 Å². The monoisotopic (exact) mass is 234 g/mol. The highest BCUT2D eigenvalue weighted by molar-refractivity contribution is 5.85. The Hall–Kier alpha value is 0.170. The molecule has 0 aromatic rings. The van der Waals surface area contributed by atoms with Crippen molar-refractivity contribution in [1.82, 2.24) is 10.2 Å². The summed E-state index contributed by atoms with van der Waals surface area (Å²) in [5, 5.41) is 13.1. The Morgan fingerprint density at radius 2 is 2.07 bits per heavy atom. The van der Waals surface area contributed by atoms with Crippen molar-refractivity contribution in [2.24, 2.45) is 5.92 Å². The molecular formula is C11H23ClN2O. The molecule has 2 N–H and O–H groups in total. The second-order valence-electron chi connectivity index (χ2n) is 4.98. The number of nitrogens with zero attached hydrogens (tertiary/aromatic N) is 1. The summed E-state index contributed by atoms with van der Waals surface area (Å²) in [7, 11) is 0. The van der Waals surface area contributed by atoms with E-state index in [-0.39, 0.29) is 18.5 Å². The lowest BCUT2D eigenvalue weighted by Gasteiger charge is -2.34. The molecule has 0 aromatic heterocycles. The fourth-order valence-corrected chi connectivity index (χ4v) is 2.93. The van der Waals surface area contributed by atoms with Gasteiger partial charge in [0.2, 0.25) is 0 Å². The molecule has 90 valence electrons. The Morgan fingerprint density at radius 3 is 2.60 bits per heavy atom. The van der Waals surface area contributed by atoms with Crippen LogP contribution in [0.15, 0.2) is 0 Å². The summed E-state index contributed by atoms with van der Waals surface area (Å²) in [6, 6.07) is 1.06. The fourth-order valence-electron chi connectivity index (χ4n) is 2.93. The van der Waals surface area contributed by atoms with E-state index in [1.807, 2.05) is 0 Å². The van der Waals surface area contributed by atoms with Crippen LogP contribution in [0.3, 0.4) is 0 Å². The number of rotatable bonds is 2. The van der Waals surface area contributed by atoms with Crippen LogP contribution in [0.1, 0.15) is 26.7 Å². The van der Waals surface area contributed by atoms with E-state index < -0.39 is 0 Å². The number of halogens is 1. The highest BCUT2D eigenvalue weighted by Crippen LogP contribution is 2.27. The first-order valence-electron chi connectivity index (χ1n) is 5.84. The summed E-state index contributed by atoms with van der Waals surface area (Å²) in [6.07, 6.45) is 2.45. The third-order valence-electron chi connectivity index (χ3n) is 3.69. The molecule has 0 amide bonds. The number of hydrogen-bond donors (Lipinski definition) is 2. The average molecular weight is 235 g/mol. The molecule has 2 rings (SSSR count). The number of hydrogen-bond acceptors (Lipinski definition) is 3. The average Bonchev–Trinajstić information content (AvgIpc) is 2.70. The molecular weight excluding hydrogens is 212 g/mol. The van der Waals surface area contributed by atoms with E-state index in [0.717, 1.165) is 13.1 Å². The number of aliphatic hydroxyl groups excluding tert-OH is 1. The van der Waals surface area contributed by atoms with Gasteiger partial charge in [-0.3, -0.25) is 4.90 Å². The van der Waals surface area contributed by atoms with Crippen LogP contribution in [0.5, 0.6) is 0 Å². The molecule has 2 heterocycles. The van der Waals surface area contributed by atoms with Crippen LogP contribution in [-0.4, -0.2) is 47.8 Å². The molecule has 0 radical (unpaired) electrons. The zero-order chi connectivity index (χ0) is 10.1. The molecule has 4 heteroatoms. The topological polar surface area (TPSA) is 35.5 Å². The van der Waals surface area contributed by atoms with Crippen LogP contribution in [0.25, 0.3) is 0 Å². The maximum absolute atomic E-state index is 9.84. The first kappa shape index (κ1) is 13.2. The predicted octanol–water partition coefficient (Wildman–Crippen LogP) is 0.861. The van der Waals surface area contributed by atoms with E-state index in [1.54, 1.807) is 0 Å². The van der Waals surface area contributed by atoms with Gasteiger partial charge in [-0.2, -0.15) is 0 Å². The van der Waals surface area contributed by atoms with Gasteiger partial charge >= 0.3 is 0 Å². The van der Waals surface area contributed by atoms with Crippen molar-refractivity contribution < 1.29 is 5.11 Å². The van der Waals surface area contributed by atoms with Crippen molar-refractivity contribution in [3.63, 3.8) is 0 Å². The summed E-state index contributed by atoms with van der Waals surface area (Å²) in [6.45, 7) is 7.48. The highest BCUT2D eigenvalue weighted by atomic mass is 35.5. The van der Waals surface area contributed by atoms with Crippen molar-refractivity contribution in [3.8, 4) is 0 Å². The minimum Gasteiger partial charge on any atom is -0.390 e. The van der Waals surface area contributed by atoms with Gasteiger partial charge in [0.1, 0.15) is 0 Å². The lowest BCUT2D eigenvalue weighted by atomic mass is 10.00. The Balaban J connectivity index is 0.00000112. The Morgan fingerprint density at radius 1 is 1.33 bits per heavy atom. The molecule has 2 saturated heterocycles. The van der Waals surface area contributed by atoms with Crippen LogP contribution in [0.2, 0.25) is 0 Å². The standard InChI is InChI=1S/C11H22N2O.ClH/c1-8(2)9-4-3-5-13(9)10-6-12-7-11(10)14;/h8-12,14H,3-7H2,1-2H3;1H/t9?,10-,11-;/m1./s1. The summed E-state index contributed by atoms with van der Waals surface area (Å²) < 4.78 is 0. The Kier molecular flexibility index (Phi) is 4.84. The lowest BCUT2D eigenvalue weighted by Crippen LogP contribution is -2.47. The van der Waals surface area contributed by atoms with Gasteiger partial charge in [0, 0.05) is 25.2 Å². The molecule has 2 fully saturated rings. The van der Waals surface area contributed by atoms with Gasteiger partial charge in [-0.25, -0.2) is 0 Å². The fraction of sp³-hybridized carbons (Fsp3) is 1.00. The minimum absolute atomic E-state index is 0. The molecule has 2 aliphatic rings. The van der Waals surface area contributed by atoms with Crippen molar-refractivity contribution in [2.45, 2.75) is 44.9 Å². The van der Waals surface area contributed by atoms with Gasteiger partial charge in [0.25, 0.3) is 0 Å². The zero-order valence-corrected chi connectivity index (χ0v) is 10.5. The first-order chi connectivity index (χ1) is 6.70. The van der Waals surface area contributed by atoms with Crippen LogP contribution >= 0.6 is 12.4 Å². The highest BCUT2D eigenvalue weighted by Gasteiger charge is 2.37. The molecule has 0 aromatic carbocycles. The number of nitrogens with one attached hydrogen (secondary N) is 1. The van der Waals surface area contributed by atoms with Crippen LogP contribution < -0.4 is 5.32 Å². The molecule has 0 aliphatic carbocycles. The second kappa shape index (κ2) is 5.48. The van der Waals surface area contributed by atoms with Crippen LogP contribution in [0.4, 0.5) is 0 Å². The van der Waals surface area contributed by atoms with Gasteiger partial charge in [-0.15, -0.1) is 12.4 Å². The van der Waals surface area contributed by atoms with E-state index >= 15 is 0 Å². The maximum atomic E-state index is 9.84. The molecule has 1 unspecified atom stereocenters. The summed E-state index contributed by atoms with van der Waals surface area (Å²) in [4.78, 5) is 2.52. The van der Waals surface area contributed by atoms with Gasteiger partial charge in [-0.1, -0.05) is 13.8 Å². The normalized spacial score (nSPS) is 37.2. The van der Waals surface area contributed by atoms with E-state index in [4.69, 9.17) is 0 Å². The third kappa shape index (κ3) is 2.64. The molecule has 3 nitrogen and oxygen atoms in total. The quantitative estimate of drug-likeness (QED) is 0.744. The van der Waals surface area contributed by atoms with Gasteiger partial charge in [0.05, 0.1) is 6.10 Å². The second-order valence-corrected chi connectivity index (χ2v) is 4.98. The third-order valence-corrected chi connectivity index (χ3v) is 3.69. The Labute approximate surface area is 98.6 Å². The van der Waals surface area contributed by atoms with Crippen molar-refractivity contribution >= 4 is 12.4 Å². The van der Waals surface area contributed by atoms with E-state index in [2.05, 4.69) is 24.1 Å². The SMILES string of the molecule is CC(C)C1CCCN1[C@@H]1CNC[C@H]1O.Cl. The molecule has 0 bridgehead atoms. The number of likely N-dealkylation sites (tertiary alicyclic amines) is 1. The molecule has 0 saturated carbocycles. The zero-order valence-electron chi connectivity index (χ0n) is 9.65. The molecule has 2 aliphatic heterocycles. The molecule has 3 atom stereocenters. The van der Waals surface area contributed by atoms with E-state index in [1.165, 1.54) is 19.4 Å². The molecule has 15 heavy (non-hydrogen) atoms. The predicted molar refractivity (Wildman–Crippen MR) is 64.5 cm³/mol. The summed E-state index contributed by atoms with van der Waals surface area (Å²) in [5.74, 6) is 0.713. The lowest BCUT2D eigenvalue weighted by molar-refractivity contribution is 0.0624. The minimum atomic E-state index is -0.158. The maximum Gasteiger partial charge on any atom is 0.0831 e. The van der Waals surface area contributed by atoms with Crippen LogP contribution in [0, 0.1) is 5.92 Å². The van der Waals surface area contributed by atoms with E-state index in [9.17, 15) is 5.11 Å². The van der Waals surface area contributed by atoms with Gasteiger partial charge in [0.15, 0.2) is 0 Å².